The molecule has 0 amide bonds. The van der Waals surface area contributed by atoms with Crippen molar-refractivity contribution in [2.45, 2.75) is 31.9 Å². The quantitative estimate of drug-likeness (QED) is 0.787. The van der Waals surface area contributed by atoms with Crippen molar-refractivity contribution < 1.29 is 22.3 Å². The van der Waals surface area contributed by atoms with Crippen LogP contribution in [-0.2, 0) is 0 Å². The molecule has 1 fully saturated rings. The summed E-state index contributed by atoms with van der Waals surface area (Å²) in [5.41, 5.74) is 0.521. The number of hydrogen-bond donors (Lipinski definition) is 1. The van der Waals surface area contributed by atoms with Gasteiger partial charge in [0.25, 0.3) is 0 Å². The van der Waals surface area contributed by atoms with Crippen LogP contribution in [0.4, 0.5) is 17.6 Å². The van der Waals surface area contributed by atoms with E-state index in [1.165, 1.54) is 12.1 Å². The van der Waals surface area contributed by atoms with Gasteiger partial charge in [0.05, 0.1) is 0 Å². The standard InChI is InChI=1S/C15H20F4N2O.ClH/c1-2-12(21-9-7-20-8-10-21)11-5-3-4-6-13(11)22-15(18,19)14(16)17;/h3-6,12,14,20H,2,7-10H2,1H3;1H/t12-;/m1./s1. The van der Waals surface area contributed by atoms with Crippen LogP contribution in [-0.4, -0.2) is 43.6 Å². The fourth-order valence-electron chi connectivity index (χ4n) is 2.71. The fourth-order valence-corrected chi connectivity index (χ4v) is 2.71. The van der Waals surface area contributed by atoms with Crippen molar-refractivity contribution in [3.63, 3.8) is 0 Å². The van der Waals surface area contributed by atoms with Crippen molar-refractivity contribution >= 4 is 12.4 Å². The Balaban J connectivity index is 0.00000264. The maximum absolute atomic E-state index is 13.2. The van der Waals surface area contributed by atoms with Crippen molar-refractivity contribution in [1.29, 1.82) is 0 Å². The molecule has 1 saturated heterocycles. The van der Waals surface area contributed by atoms with E-state index >= 15 is 0 Å². The van der Waals surface area contributed by atoms with Gasteiger partial charge in [-0.3, -0.25) is 4.90 Å². The molecule has 23 heavy (non-hydrogen) atoms. The first-order valence-electron chi connectivity index (χ1n) is 7.34. The first kappa shape index (κ1) is 20.0. The average Bonchev–Trinajstić information content (AvgIpc) is 2.50. The molecule has 0 unspecified atom stereocenters. The summed E-state index contributed by atoms with van der Waals surface area (Å²) in [6.45, 7) is 5.12. The van der Waals surface area contributed by atoms with E-state index in [2.05, 4.69) is 15.0 Å². The summed E-state index contributed by atoms with van der Waals surface area (Å²) in [4.78, 5) is 2.15. The molecule has 1 aromatic rings. The van der Waals surface area contributed by atoms with Gasteiger partial charge in [0.15, 0.2) is 0 Å². The van der Waals surface area contributed by atoms with Gasteiger partial charge in [-0.2, -0.15) is 17.6 Å². The second-order valence-corrected chi connectivity index (χ2v) is 5.21. The molecule has 2 rings (SSSR count). The number of halogens is 5. The number of ether oxygens (including phenoxy) is 1. The predicted molar refractivity (Wildman–Crippen MR) is 82.7 cm³/mol. The van der Waals surface area contributed by atoms with Crippen LogP contribution in [0.1, 0.15) is 24.9 Å². The molecular weight excluding hydrogens is 336 g/mol. The highest BCUT2D eigenvalue weighted by molar-refractivity contribution is 5.85. The second-order valence-electron chi connectivity index (χ2n) is 5.21. The van der Waals surface area contributed by atoms with Crippen LogP contribution in [0.2, 0.25) is 0 Å². The molecular formula is C15H21ClF4N2O. The van der Waals surface area contributed by atoms with Crippen molar-refractivity contribution in [2.75, 3.05) is 26.2 Å². The molecule has 0 aromatic heterocycles. The lowest BCUT2D eigenvalue weighted by Gasteiger charge is -2.35. The molecule has 1 aromatic carbocycles. The minimum absolute atomic E-state index is 0. The van der Waals surface area contributed by atoms with Crippen LogP contribution in [0.3, 0.4) is 0 Å². The Bertz CT molecular complexity index is 484. The smallest absolute Gasteiger partial charge is 0.428 e. The van der Waals surface area contributed by atoms with Gasteiger partial charge in [0.1, 0.15) is 5.75 Å². The van der Waals surface area contributed by atoms with Crippen LogP contribution in [0.15, 0.2) is 24.3 Å². The van der Waals surface area contributed by atoms with Crippen LogP contribution in [0, 0.1) is 0 Å². The highest BCUT2D eigenvalue weighted by Gasteiger charge is 2.44. The summed E-state index contributed by atoms with van der Waals surface area (Å²) in [7, 11) is 0. The summed E-state index contributed by atoms with van der Waals surface area (Å²) in [5.74, 6) is -0.182. The van der Waals surface area contributed by atoms with Crippen LogP contribution < -0.4 is 10.1 Å². The number of alkyl halides is 4. The maximum Gasteiger partial charge on any atom is 0.461 e. The molecule has 0 aliphatic carbocycles. The Morgan fingerprint density at radius 3 is 2.39 bits per heavy atom. The minimum Gasteiger partial charge on any atom is -0.428 e. The highest BCUT2D eigenvalue weighted by atomic mass is 35.5. The van der Waals surface area contributed by atoms with Gasteiger partial charge >= 0.3 is 12.5 Å². The SMILES string of the molecule is CC[C@H](c1ccccc1OC(F)(F)C(F)F)N1CCNCC1.Cl. The van der Waals surface area contributed by atoms with E-state index in [9.17, 15) is 17.6 Å². The lowest BCUT2D eigenvalue weighted by atomic mass is 10.0. The molecule has 0 bridgehead atoms. The Morgan fingerprint density at radius 1 is 1.22 bits per heavy atom. The predicted octanol–water partition coefficient (Wildman–Crippen LogP) is 3.70. The van der Waals surface area contributed by atoms with E-state index in [0.717, 1.165) is 26.2 Å². The molecule has 132 valence electrons. The van der Waals surface area contributed by atoms with Gasteiger partial charge in [-0.05, 0) is 12.5 Å². The van der Waals surface area contributed by atoms with Crippen molar-refractivity contribution in [1.82, 2.24) is 10.2 Å². The summed E-state index contributed by atoms with van der Waals surface area (Å²) in [6.07, 6.45) is -7.67. The molecule has 8 heteroatoms. The normalized spacial score (nSPS) is 17.7. The molecule has 1 aliphatic rings. The monoisotopic (exact) mass is 356 g/mol. The van der Waals surface area contributed by atoms with Gasteiger partial charge in [-0.25, -0.2) is 0 Å². The first-order valence-corrected chi connectivity index (χ1v) is 7.34. The Hall–Kier alpha value is -1.05. The number of rotatable bonds is 6. The second kappa shape index (κ2) is 8.70. The van der Waals surface area contributed by atoms with E-state index < -0.39 is 12.5 Å². The molecule has 3 nitrogen and oxygen atoms in total. The maximum atomic E-state index is 13.2. The summed E-state index contributed by atoms with van der Waals surface area (Å²) in [5, 5.41) is 3.22. The number of nitrogens with zero attached hydrogens (tertiary/aromatic N) is 1. The Kier molecular flexibility index (Phi) is 7.57. The van der Waals surface area contributed by atoms with E-state index in [4.69, 9.17) is 0 Å². The minimum atomic E-state index is -4.49. The van der Waals surface area contributed by atoms with Gasteiger partial charge in [-0.1, -0.05) is 25.1 Å². The summed E-state index contributed by atoms with van der Waals surface area (Å²) in [6, 6.07) is 6.05. The van der Waals surface area contributed by atoms with Gasteiger partial charge in [-0.15, -0.1) is 12.4 Å². The zero-order valence-electron chi connectivity index (χ0n) is 12.8. The molecule has 0 radical (unpaired) electrons. The van der Waals surface area contributed by atoms with Crippen LogP contribution in [0.25, 0.3) is 0 Å². The van der Waals surface area contributed by atoms with Crippen LogP contribution in [0.5, 0.6) is 5.75 Å². The first-order chi connectivity index (χ1) is 10.5. The fraction of sp³-hybridized carbons (Fsp3) is 0.600. The van der Waals surface area contributed by atoms with Crippen LogP contribution >= 0.6 is 12.4 Å². The third-order valence-electron chi connectivity index (χ3n) is 3.76. The molecule has 0 saturated carbocycles. The Morgan fingerprint density at radius 2 is 1.83 bits per heavy atom. The van der Waals surface area contributed by atoms with Gasteiger partial charge < -0.3 is 10.1 Å². The molecule has 1 N–H and O–H groups in total. The van der Waals surface area contributed by atoms with E-state index in [-0.39, 0.29) is 24.2 Å². The third kappa shape index (κ3) is 4.96. The Labute approximate surface area is 139 Å². The number of para-hydroxylation sites is 1. The van der Waals surface area contributed by atoms with Gasteiger partial charge in [0, 0.05) is 37.8 Å². The van der Waals surface area contributed by atoms with Gasteiger partial charge in [0.2, 0.25) is 0 Å². The van der Waals surface area contributed by atoms with Crippen molar-refractivity contribution in [3.05, 3.63) is 29.8 Å². The zero-order chi connectivity index (χ0) is 16.2. The summed E-state index contributed by atoms with van der Waals surface area (Å²) >= 11 is 0. The third-order valence-corrected chi connectivity index (χ3v) is 3.76. The van der Waals surface area contributed by atoms with Crippen molar-refractivity contribution in [2.24, 2.45) is 0 Å². The largest absolute Gasteiger partial charge is 0.461 e. The number of nitrogens with one attached hydrogen (secondary N) is 1. The average molecular weight is 357 g/mol. The molecule has 1 atom stereocenters. The zero-order valence-corrected chi connectivity index (χ0v) is 13.6. The highest BCUT2D eigenvalue weighted by Crippen LogP contribution is 2.36. The number of piperazine rings is 1. The molecule has 1 heterocycles. The molecule has 1 aliphatic heterocycles. The lowest BCUT2D eigenvalue weighted by Crippen LogP contribution is -2.45. The number of hydrogen-bond acceptors (Lipinski definition) is 3. The van der Waals surface area contributed by atoms with Crippen molar-refractivity contribution in [3.8, 4) is 5.75 Å². The summed E-state index contributed by atoms with van der Waals surface area (Å²) < 4.78 is 55.5. The van der Waals surface area contributed by atoms with E-state index in [0.29, 0.717) is 12.0 Å². The lowest BCUT2D eigenvalue weighted by molar-refractivity contribution is -0.253. The van der Waals surface area contributed by atoms with E-state index in [1.54, 1.807) is 12.1 Å². The van der Waals surface area contributed by atoms with E-state index in [1.807, 2.05) is 6.92 Å². The molecule has 0 spiro atoms. The topological polar surface area (TPSA) is 24.5 Å². The number of benzene rings is 1.